The third kappa shape index (κ3) is 7.41. The van der Waals surface area contributed by atoms with Gasteiger partial charge in [0.15, 0.2) is 0 Å². The number of rotatable bonds is 8. The van der Waals surface area contributed by atoms with Gasteiger partial charge in [0.1, 0.15) is 5.75 Å². The first-order chi connectivity index (χ1) is 9.76. The second-order valence-electron chi connectivity index (χ2n) is 4.06. The average molecular weight is 296 g/mol. The van der Waals surface area contributed by atoms with Crippen LogP contribution in [-0.4, -0.2) is 52.7 Å². The molecule has 1 rings (SSSR count). The average Bonchev–Trinajstić information content (AvgIpc) is 2.48. The fourth-order valence-corrected chi connectivity index (χ4v) is 2.09. The second-order valence-corrected chi connectivity index (χ2v) is 5.21. The quantitative estimate of drug-likeness (QED) is 0.491. The molecule has 0 heterocycles. The summed E-state index contributed by atoms with van der Waals surface area (Å²) in [6, 6.07) is 7.47. The molecule has 0 bridgehead atoms. The zero-order valence-electron chi connectivity index (χ0n) is 11.3. The van der Waals surface area contributed by atoms with E-state index in [1.807, 2.05) is 24.3 Å². The fraction of sp³-hybridized carbons (Fsp3) is 0.467. The van der Waals surface area contributed by atoms with E-state index in [4.69, 9.17) is 20.1 Å². The second kappa shape index (κ2) is 10.6. The van der Waals surface area contributed by atoms with Crippen LogP contribution in [0.3, 0.4) is 0 Å². The number of thioether (sulfide) groups is 1. The van der Waals surface area contributed by atoms with Crippen molar-refractivity contribution in [3.8, 4) is 17.6 Å². The Morgan fingerprint density at radius 2 is 1.95 bits per heavy atom. The van der Waals surface area contributed by atoms with Crippen LogP contribution in [0.5, 0.6) is 5.75 Å². The molecule has 0 aliphatic rings. The highest BCUT2D eigenvalue weighted by Gasteiger charge is 2.01. The van der Waals surface area contributed by atoms with Crippen LogP contribution >= 0.6 is 11.8 Å². The Kier molecular flexibility index (Phi) is 8.92. The molecule has 0 amide bonds. The summed E-state index contributed by atoms with van der Waals surface area (Å²) >= 11 is 1.54. The van der Waals surface area contributed by atoms with Crippen LogP contribution in [0.1, 0.15) is 12.0 Å². The van der Waals surface area contributed by atoms with E-state index in [9.17, 15) is 0 Å². The van der Waals surface area contributed by atoms with Crippen molar-refractivity contribution in [3.63, 3.8) is 0 Å². The van der Waals surface area contributed by atoms with Crippen LogP contribution in [0.4, 0.5) is 0 Å². The molecule has 1 unspecified atom stereocenters. The van der Waals surface area contributed by atoms with Crippen molar-refractivity contribution in [2.75, 3.05) is 31.3 Å². The highest BCUT2D eigenvalue weighted by molar-refractivity contribution is 7.99. The molecule has 3 N–H and O–H groups in total. The van der Waals surface area contributed by atoms with Gasteiger partial charge >= 0.3 is 0 Å². The van der Waals surface area contributed by atoms with Crippen LogP contribution in [0.2, 0.25) is 0 Å². The van der Waals surface area contributed by atoms with E-state index in [1.165, 1.54) is 0 Å². The normalized spacial score (nSPS) is 11.6. The topological polar surface area (TPSA) is 69.9 Å². The molecule has 0 aliphatic carbocycles. The molecule has 5 heteroatoms. The smallest absolute Gasteiger partial charge is 0.119 e. The summed E-state index contributed by atoms with van der Waals surface area (Å²) in [5.74, 6) is 7.86. The largest absolute Gasteiger partial charge is 0.493 e. The van der Waals surface area contributed by atoms with Crippen LogP contribution in [0, 0.1) is 11.8 Å². The molecule has 110 valence electrons. The van der Waals surface area contributed by atoms with Crippen molar-refractivity contribution in [1.82, 2.24) is 0 Å². The number of aliphatic hydroxyl groups is 3. The lowest BCUT2D eigenvalue weighted by Crippen LogP contribution is -2.15. The Labute approximate surface area is 123 Å². The summed E-state index contributed by atoms with van der Waals surface area (Å²) in [5, 5.41) is 26.4. The van der Waals surface area contributed by atoms with Crippen LogP contribution in [-0.2, 0) is 0 Å². The van der Waals surface area contributed by atoms with Crippen molar-refractivity contribution in [3.05, 3.63) is 29.8 Å². The summed E-state index contributed by atoms with van der Waals surface area (Å²) in [6.45, 7) is 0.432. The van der Waals surface area contributed by atoms with E-state index >= 15 is 0 Å². The maximum Gasteiger partial charge on any atom is 0.119 e. The zero-order chi connectivity index (χ0) is 14.6. The first kappa shape index (κ1) is 16.9. The molecule has 4 nitrogen and oxygen atoms in total. The molecule has 0 saturated carbocycles. The summed E-state index contributed by atoms with van der Waals surface area (Å²) < 4.78 is 5.55. The number of hydrogen-bond donors (Lipinski definition) is 3. The molecule has 1 aromatic carbocycles. The lowest BCUT2D eigenvalue weighted by Gasteiger charge is -2.08. The number of ether oxygens (including phenoxy) is 1. The predicted octanol–water partition coefficient (Wildman–Crippen LogP) is 0.886. The monoisotopic (exact) mass is 296 g/mol. The van der Waals surface area contributed by atoms with E-state index < -0.39 is 6.10 Å². The lowest BCUT2D eigenvalue weighted by atomic mass is 10.2. The molecule has 0 radical (unpaired) electrons. The van der Waals surface area contributed by atoms with Crippen LogP contribution < -0.4 is 4.74 Å². The van der Waals surface area contributed by atoms with Crippen molar-refractivity contribution >= 4 is 11.8 Å². The van der Waals surface area contributed by atoms with Gasteiger partial charge in [0.25, 0.3) is 0 Å². The van der Waals surface area contributed by atoms with Gasteiger partial charge in [0.05, 0.1) is 25.9 Å². The first-order valence-corrected chi connectivity index (χ1v) is 7.61. The molecule has 1 atom stereocenters. The Balaban J connectivity index is 2.23. The van der Waals surface area contributed by atoms with Gasteiger partial charge in [-0.2, -0.15) is 11.8 Å². The maximum atomic E-state index is 9.15. The van der Waals surface area contributed by atoms with Crippen molar-refractivity contribution < 1.29 is 20.1 Å². The van der Waals surface area contributed by atoms with Gasteiger partial charge in [-0.15, -0.1) is 0 Å². The minimum atomic E-state index is -0.656. The molecule has 0 saturated heterocycles. The highest BCUT2D eigenvalue weighted by atomic mass is 32.2. The third-order valence-corrected chi connectivity index (χ3v) is 3.42. The Morgan fingerprint density at radius 1 is 1.20 bits per heavy atom. The van der Waals surface area contributed by atoms with Gasteiger partial charge in [0, 0.05) is 23.5 Å². The predicted molar refractivity (Wildman–Crippen MR) is 80.9 cm³/mol. The Bertz CT molecular complexity index is 422. The fourth-order valence-electron chi connectivity index (χ4n) is 1.35. The molecule has 0 aromatic heterocycles. The lowest BCUT2D eigenvalue weighted by molar-refractivity contribution is 0.113. The zero-order valence-corrected chi connectivity index (χ0v) is 12.1. The van der Waals surface area contributed by atoms with Gasteiger partial charge in [-0.05, 0) is 24.3 Å². The molecular formula is C15H20O4S. The van der Waals surface area contributed by atoms with Gasteiger partial charge < -0.3 is 20.1 Å². The van der Waals surface area contributed by atoms with E-state index in [-0.39, 0.29) is 13.2 Å². The van der Waals surface area contributed by atoms with E-state index in [0.29, 0.717) is 18.8 Å². The Hall–Kier alpha value is -1.19. The Morgan fingerprint density at radius 3 is 2.60 bits per heavy atom. The summed E-state index contributed by atoms with van der Waals surface area (Å²) in [4.78, 5) is 0. The van der Waals surface area contributed by atoms with Crippen LogP contribution in [0.15, 0.2) is 24.3 Å². The van der Waals surface area contributed by atoms with Gasteiger partial charge in [-0.25, -0.2) is 0 Å². The number of benzene rings is 1. The number of aliphatic hydroxyl groups excluding tert-OH is 3. The van der Waals surface area contributed by atoms with Gasteiger partial charge in [-0.1, -0.05) is 11.8 Å². The molecule has 0 fully saturated rings. The summed E-state index contributed by atoms with van der Waals surface area (Å²) in [7, 11) is 0. The number of hydrogen-bond acceptors (Lipinski definition) is 5. The first-order valence-electron chi connectivity index (χ1n) is 6.45. The minimum absolute atomic E-state index is 0.0802. The maximum absolute atomic E-state index is 9.15. The third-order valence-electron chi connectivity index (χ3n) is 2.34. The van der Waals surface area contributed by atoms with Gasteiger partial charge in [-0.3, -0.25) is 0 Å². The van der Waals surface area contributed by atoms with Crippen molar-refractivity contribution in [2.24, 2.45) is 0 Å². The molecule has 0 aliphatic heterocycles. The van der Waals surface area contributed by atoms with Crippen molar-refractivity contribution in [2.45, 2.75) is 12.5 Å². The van der Waals surface area contributed by atoms with E-state index in [1.54, 1.807) is 11.8 Å². The van der Waals surface area contributed by atoms with Gasteiger partial charge in [0.2, 0.25) is 0 Å². The standard InChI is InChI=1S/C15H20O4S/c16-8-2-1-3-13-4-6-15(7-5-13)19-9-10-20-12-14(18)11-17/h4-7,14,16-18H,2,8-12H2. The molecule has 20 heavy (non-hydrogen) atoms. The summed E-state index contributed by atoms with van der Waals surface area (Å²) in [5.41, 5.74) is 0.895. The van der Waals surface area contributed by atoms with E-state index in [2.05, 4.69) is 11.8 Å². The minimum Gasteiger partial charge on any atom is -0.493 e. The molecular weight excluding hydrogens is 276 g/mol. The SMILES string of the molecule is OCCC#Cc1ccc(OCCSCC(O)CO)cc1. The summed E-state index contributed by atoms with van der Waals surface area (Å²) in [6.07, 6.45) is -0.174. The highest BCUT2D eigenvalue weighted by Crippen LogP contribution is 2.12. The van der Waals surface area contributed by atoms with Crippen molar-refractivity contribution in [1.29, 1.82) is 0 Å². The van der Waals surface area contributed by atoms with Crippen LogP contribution in [0.25, 0.3) is 0 Å². The molecule has 1 aromatic rings. The molecule has 0 spiro atoms. The van der Waals surface area contributed by atoms with E-state index in [0.717, 1.165) is 17.1 Å².